The fourth-order valence-electron chi connectivity index (χ4n) is 5.24. The van der Waals surface area contributed by atoms with Gasteiger partial charge in [-0.25, -0.2) is 9.50 Å². The van der Waals surface area contributed by atoms with E-state index in [1.54, 1.807) is 6.07 Å². The topological polar surface area (TPSA) is 141 Å². The number of amides is 2. The van der Waals surface area contributed by atoms with Crippen LogP contribution in [0.3, 0.4) is 0 Å². The van der Waals surface area contributed by atoms with Gasteiger partial charge in [0, 0.05) is 12.2 Å². The zero-order valence-electron chi connectivity index (χ0n) is 21.0. The minimum Gasteiger partial charge on any atom is -0.488 e. The predicted molar refractivity (Wildman–Crippen MR) is 127 cm³/mol. The van der Waals surface area contributed by atoms with Crippen LogP contribution in [0.1, 0.15) is 46.4 Å². The van der Waals surface area contributed by atoms with Crippen LogP contribution in [-0.2, 0) is 0 Å². The van der Waals surface area contributed by atoms with Gasteiger partial charge in [-0.3, -0.25) is 9.59 Å². The van der Waals surface area contributed by atoms with Gasteiger partial charge in [-0.1, -0.05) is 0 Å². The second kappa shape index (κ2) is 9.78. The van der Waals surface area contributed by atoms with Crippen molar-refractivity contribution in [2.75, 3.05) is 6.61 Å². The number of nitrogens with two attached hydrogens (primary N) is 1. The first kappa shape index (κ1) is 28.4. The Hall–Kier alpha value is -4.08. The molecule has 10 nitrogen and oxygen atoms in total. The van der Waals surface area contributed by atoms with Crippen molar-refractivity contribution in [3.8, 4) is 11.6 Å². The number of primary amides is 1. The number of hydrogen-bond acceptors (Lipinski definition) is 7. The van der Waals surface area contributed by atoms with E-state index in [2.05, 4.69) is 20.1 Å². The Morgan fingerprint density at radius 1 is 1.07 bits per heavy atom. The SMILES string of the molecule is NC(=O)c1cccnc1OC1CC2(CC(NC(=O)c3cnn4cc(OCC(O)(C(F)(F)F)C(F)(F)F)ccc34)C2)C1. The summed E-state index contributed by atoms with van der Waals surface area (Å²) in [6.45, 7) is -2.12. The van der Waals surface area contributed by atoms with Gasteiger partial charge < -0.3 is 25.6 Å². The van der Waals surface area contributed by atoms with Crippen LogP contribution in [0.4, 0.5) is 26.3 Å². The van der Waals surface area contributed by atoms with E-state index in [9.17, 15) is 41.0 Å². The first-order valence-electron chi connectivity index (χ1n) is 12.3. The summed E-state index contributed by atoms with van der Waals surface area (Å²) in [6.07, 6.45) is -5.65. The second-order valence-electron chi connectivity index (χ2n) is 10.3. The van der Waals surface area contributed by atoms with E-state index in [0.29, 0.717) is 25.7 Å². The molecule has 220 valence electrons. The highest BCUT2D eigenvalue weighted by Crippen LogP contribution is 2.56. The van der Waals surface area contributed by atoms with Crippen LogP contribution in [0.5, 0.6) is 11.6 Å². The van der Waals surface area contributed by atoms with Crippen molar-refractivity contribution >= 4 is 17.3 Å². The Labute approximate surface area is 227 Å². The molecular weight excluding hydrogens is 564 g/mol. The maximum Gasteiger partial charge on any atom is 0.429 e. The van der Waals surface area contributed by atoms with Gasteiger partial charge >= 0.3 is 12.4 Å². The Morgan fingerprint density at radius 2 is 1.76 bits per heavy atom. The molecule has 2 aliphatic carbocycles. The Balaban J connectivity index is 1.15. The summed E-state index contributed by atoms with van der Waals surface area (Å²) in [6, 6.07) is 5.31. The van der Waals surface area contributed by atoms with Crippen LogP contribution in [0.25, 0.3) is 5.52 Å². The lowest BCUT2D eigenvalue weighted by atomic mass is 9.53. The van der Waals surface area contributed by atoms with Crippen molar-refractivity contribution in [1.82, 2.24) is 19.9 Å². The lowest BCUT2D eigenvalue weighted by Crippen LogP contribution is -2.60. The average Bonchev–Trinajstić information content (AvgIpc) is 3.26. The number of alkyl halides is 6. The monoisotopic (exact) mass is 587 g/mol. The third-order valence-corrected chi connectivity index (χ3v) is 7.45. The van der Waals surface area contributed by atoms with Crippen molar-refractivity contribution in [3.63, 3.8) is 0 Å². The number of carbonyl (C=O) groups is 2. The molecular formula is C25H23F6N5O5. The number of carbonyl (C=O) groups excluding carboxylic acids is 2. The highest BCUT2D eigenvalue weighted by atomic mass is 19.4. The summed E-state index contributed by atoms with van der Waals surface area (Å²) in [5.41, 5.74) is 0.853. The molecule has 0 bridgehead atoms. The van der Waals surface area contributed by atoms with Gasteiger partial charge in [0.2, 0.25) is 5.88 Å². The van der Waals surface area contributed by atoms with Gasteiger partial charge in [0.25, 0.3) is 17.4 Å². The van der Waals surface area contributed by atoms with E-state index < -0.39 is 42.1 Å². The molecule has 0 saturated heterocycles. The highest BCUT2D eigenvalue weighted by Gasteiger charge is 2.71. The van der Waals surface area contributed by atoms with Crippen molar-refractivity contribution in [3.05, 3.63) is 54.0 Å². The summed E-state index contributed by atoms with van der Waals surface area (Å²) >= 11 is 0. The van der Waals surface area contributed by atoms with E-state index in [-0.39, 0.29) is 40.1 Å². The number of nitrogens with zero attached hydrogens (tertiary/aromatic N) is 3. The lowest BCUT2D eigenvalue weighted by Gasteiger charge is -2.57. The number of halogens is 6. The minimum absolute atomic E-state index is 0.00757. The standard InChI is InChI=1S/C25H23F6N5O5/c26-24(27,28)23(39,25(29,30)31)12-40-14-3-4-18-17(10-34-36(18)11-14)20(38)35-13-6-22(7-13)8-15(9-22)41-21-16(19(32)37)2-1-5-33-21/h1-5,10-11,13,15,39H,6-9,12H2,(H2,32,37)(H,35,38). The van der Waals surface area contributed by atoms with Gasteiger partial charge in [0.15, 0.2) is 0 Å². The molecule has 0 radical (unpaired) electrons. The summed E-state index contributed by atoms with van der Waals surface area (Å²) < 4.78 is 88.7. The molecule has 3 heterocycles. The fraction of sp³-hybridized carbons (Fsp3) is 0.440. The quantitative estimate of drug-likeness (QED) is 0.344. The summed E-state index contributed by atoms with van der Waals surface area (Å²) in [7, 11) is 0. The number of ether oxygens (including phenoxy) is 2. The van der Waals surface area contributed by atoms with E-state index >= 15 is 0 Å². The summed E-state index contributed by atoms with van der Waals surface area (Å²) in [5.74, 6) is -1.35. The first-order valence-corrected chi connectivity index (χ1v) is 12.3. The molecule has 2 aliphatic rings. The van der Waals surface area contributed by atoms with E-state index in [1.165, 1.54) is 24.5 Å². The Bertz CT molecular complexity index is 1460. The molecule has 41 heavy (non-hydrogen) atoms. The summed E-state index contributed by atoms with van der Waals surface area (Å²) in [4.78, 5) is 28.5. The maximum atomic E-state index is 12.9. The van der Waals surface area contributed by atoms with Crippen molar-refractivity contribution in [2.24, 2.45) is 11.1 Å². The van der Waals surface area contributed by atoms with Crippen LogP contribution in [0.15, 0.2) is 42.9 Å². The van der Waals surface area contributed by atoms with Crippen LogP contribution >= 0.6 is 0 Å². The molecule has 16 heteroatoms. The zero-order chi connectivity index (χ0) is 29.8. The molecule has 1 spiro atoms. The van der Waals surface area contributed by atoms with Gasteiger partial charge in [-0.15, -0.1) is 0 Å². The Kier molecular flexibility index (Phi) is 6.79. The number of hydrogen-bond donors (Lipinski definition) is 3. The molecule has 4 N–H and O–H groups in total. The summed E-state index contributed by atoms with van der Waals surface area (Å²) in [5, 5.41) is 16.1. The number of pyridine rings is 2. The molecule has 5 rings (SSSR count). The number of fused-ring (bicyclic) bond motifs is 1. The van der Waals surface area contributed by atoms with Crippen LogP contribution in [0.2, 0.25) is 0 Å². The molecule has 2 saturated carbocycles. The van der Waals surface area contributed by atoms with Crippen LogP contribution in [-0.4, -0.2) is 68.2 Å². The van der Waals surface area contributed by atoms with Gasteiger partial charge in [-0.2, -0.15) is 31.4 Å². The molecule has 2 fully saturated rings. The molecule has 0 atom stereocenters. The van der Waals surface area contributed by atoms with Crippen molar-refractivity contribution in [1.29, 1.82) is 0 Å². The first-order chi connectivity index (χ1) is 19.1. The number of aliphatic hydroxyl groups is 1. The van der Waals surface area contributed by atoms with E-state index in [4.69, 9.17) is 10.5 Å². The van der Waals surface area contributed by atoms with Gasteiger partial charge in [-0.05, 0) is 55.4 Å². The Morgan fingerprint density at radius 3 is 2.39 bits per heavy atom. The van der Waals surface area contributed by atoms with E-state index in [0.717, 1.165) is 16.8 Å². The maximum absolute atomic E-state index is 12.9. The highest BCUT2D eigenvalue weighted by molar-refractivity contribution is 6.00. The van der Waals surface area contributed by atoms with Gasteiger partial charge in [0.05, 0.1) is 23.5 Å². The van der Waals surface area contributed by atoms with E-state index in [1.807, 2.05) is 0 Å². The number of nitrogens with one attached hydrogen (secondary N) is 1. The molecule has 2 amide bonds. The molecule has 0 aliphatic heterocycles. The minimum atomic E-state index is -6.02. The number of rotatable bonds is 8. The molecule has 3 aromatic heterocycles. The zero-order valence-corrected chi connectivity index (χ0v) is 21.0. The number of aromatic nitrogens is 3. The van der Waals surface area contributed by atoms with Crippen LogP contribution < -0.4 is 20.5 Å². The molecule has 0 aromatic carbocycles. The fourth-order valence-corrected chi connectivity index (χ4v) is 5.24. The average molecular weight is 587 g/mol. The smallest absolute Gasteiger partial charge is 0.429 e. The largest absolute Gasteiger partial charge is 0.488 e. The lowest BCUT2D eigenvalue weighted by molar-refractivity contribution is -0.373. The van der Waals surface area contributed by atoms with Gasteiger partial charge in [0.1, 0.15) is 24.0 Å². The third kappa shape index (κ3) is 5.23. The normalized spacial score (nSPS) is 22.6. The second-order valence-corrected chi connectivity index (χ2v) is 10.3. The third-order valence-electron chi connectivity index (χ3n) is 7.45. The van der Waals surface area contributed by atoms with Crippen LogP contribution in [0, 0.1) is 5.41 Å². The molecule has 3 aromatic rings. The predicted octanol–water partition coefficient (Wildman–Crippen LogP) is 3.18. The van der Waals surface area contributed by atoms with Crippen molar-refractivity contribution in [2.45, 2.75) is 55.8 Å². The molecule has 0 unspecified atom stereocenters. The van der Waals surface area contributed by atoms with Crippen molar-refractivity contribution < 1.29 is 50.5 Å².